The van der Waals surface area contributed by atoms with Gasteiger partial charge in [-0.05, 0) is 25.5 Å². The number of benzene rings is 1. The van der Waals surface area contributed by atoms with Crippen molar-refractivity contribution in [2.24, 2.45) is 5.73 Å². The van der Waals surface area contributed by atoms with Gasteiger partial charge in [0, 0.05) is 16.8 Å². The average molecular weight is 361 g/mol. The number of nitrogens with one attached hydrogen (secondary N) is 1. The third-order valence-corrected chi connectivity index (χ3v) is 4.29. The van der Waals surface area contributed by atoms with E-state index in [0.717, 1.165) is 0 Å². The summed E-state index contributed by atoms with van der Waals surface area (Å²) in [6, 6.07) is 8.64. The monoisotopic (exact) mass is 360 g/mol. The maximum atomic E-state index is 12.6. The molecule has 1 aliphatic heterocycles. The van der Waals surface area contributed by atoms with Crippen molar-refractivity contribution in [3.05, 3.63) is 74.0 Å². The normalized spacial score (nSPS) is 16.2. The molecule has 1 unspecified atom stereocenters. The van der Waals surface area contributed by atoms with Crippen LogP contribution in [0.2, 0.25) is 5.02 Å². The Morgan fingerprint density at radius 2 is 2.12 bits per heavy atom. The second-order valence-corrected chi connectivity index (χ2v) is 6.02. The minimum absolute atomic E-state index is 0.0665. The molecule has 3 rings (SSSR count). The second kappa shape index (κ2) is 6.64. The number of rotatable bonds is 3. The Labute approximate surface area is 149 Å². The summed E-state index contributed by atoms with van der Waals surface area (Å²) < 4.78 is 10.7. The molecule has 0 aliphatic carbocycles. The fraction of sp³-hybridized carbons (Fsp3) is 0.222. The van der Waals surface area contributed by atoms with E-state index in [0.29, 0.717) is 22.0 Å². The predicted octanol–water partition coefficient (Wildman–Crippen LogP) is 2.59. The first-order valence-electron chi connectivity index (χ1n) is 7.76. The number of hydrogen-bond donors (Lipinski definition) is 2. The second-order valence-electron chi connectivity index (χ2n) is 5.61. The highest BCUT2D eigenvalue weighted by Gasteiger charge is 2.38. The number of nitrogens with two attached hydrogens (primary N) is 1. The van der Waals surface area contributed by atoms with E-state index in [1.165, 1.54) is 0 Å². The maximum absolute atomic E-state index is 12.6. The molecule has 7 heteroatoms. The molecule has 0 fully saturated rings. The molecule has 0 saturated heterocycles. The molecular weight excluding hydrogens is 344 g/mol. The number of esters is 1. The summed E-state index contributed by atoms with van der Waals surface area (Å²) in [6.45, 7) is 3.59. The van der Waals surface area contributed by atoms with Gasteiger partial charge in [0.25, 0.3) is 5.56 Å². The van der Waals surface area contributed by atoms with Crippen molar-refractivity contribution in [1.29, 1.82) is 0 Å². The fourth-order valence-electron chi connectivity index (χ4n) is 2.93. The van der Waals surface area contributed by atoms with E-state index in [1.807, 2.05) is 0 Å². The topological polar surface area (TPSA) is 94.4 Å². The average Bonchev–Trinajstić information content (AvgIpc) is 2.53. The number of fused-ring (bicyclic) bond motifs is 1. The van der Waals surface area contributed by atoms with E-state index in [1.54, 1.807) is 44.2 Å². The van der Waals surface area contributed by atoms with Crippen LogP contribution in [0.25, 0.3) is 0 Å². The van der Waals surface area contributed by atoms with E-state index >= 15 is 0 Å². The number of carbonyl (C=O) groups excluding carboxylic acids is 1. The van der Waals surface area contributed by atoms with Gasteiger partial charge < -0.3 is 20.2 Å². The van der Waals surface area contributed by atoms with Gasteiger partial charge in [-0.1, -0.05) is 29.8 Å². The van der Waals surface area contributed by atoms with E-state index in [4.69, 9.17) is 26.8 Å². The molecule has 1 aromatic carbocycles. The van der Waals surface area contributed by atoms with Crippen LogP contribution < -0.4 is 16.0 Å². The lowest BCUT2D eigenvalue weighted by atomic mass is 9.83. The van der Waals surface area contributed by atoms with Crippen LogP contribution in [0.15, 0.2) is 46.6 Å². The molecule has 3 N–H and O–H groups in total. The summed E-state index contributed by atoms with van der Waals surface area (Å²) in [7, 11) is 0. The standard InChI is InChI=1S/C18H17ClN2O4/c1-3-24-18(23)15-13(10-6-4-5-7-11(10)19)14-12(25-16(15)20)8-9(2)21-17(14)22/h4-8,13H,3,20H2,1-2H3,(H,21,22). The zero-order valence-electron chi connectivity index (χ0n) is 13.8. The van der Waals surface area contributed by atoms with Crippen LogP contribution in [-0.4, -0.2) is 17.6 Å². The van der Waals surface area contributed by atoms with E-state index in [2.05, 4.69) is 4.98 Å². The van der Waals surface area contributed by atoms with Crippen molar-refractivity contribution >= 4 is 17.6 Å². The Bertz CT molecular complexity index is 933. The van der Waals surface area contributed by atoms with Crippen LogP contribution in [0.3, 0.4) is 0 Å². The third kappa shape index (κ3) is 3.00. The summed E-state index contributed by atoms with van der Waals surface area (Å²) in [4.78, 5) is 27.8. The Hall–Kier alpha value is -2.73. The molecular formula is C18H17ClN2O4. The van der Waals surface area contributed by atoms with Crippen molar-refractivity contribution in [2.75, 3.05) is 6.61 Å². The van der Waals surface area contributed by atoms with E-state index < -0.39 is 11.9 Å². The lowest BCUT2D eigenvalue weighted by molar-refractivity contribution is -0.139. The number of hydrogen-bond acceptors (Lipinski definition) is 5. The molecule has 0 saturated carbocycles. The molecule has 0 amide bonds. The van der Waals surface area contributed by atoms with Crippen molar-refractivity contribution in [1.82, 2.24) is 4.98 Å². The van der Waals surface area contributed by atoms with Crippen LogP contribution in [0.4, 0.5) is 0 Å². The van der Waals surface area contributed by atoms with Crippen LogP contribution in [0.1, 0.15) is 29.7 Å². The van der Waals surface area contributed by atoms with Crippen molar-refractivity contribution in [3.63, 3.8) is 0 Å². The highest BCUT2D eigenvalue weighted by Crippen LogP contribution is 2.42. The SMILES string of the molecule is CCOC(=O)C1=C(N)Oc2cc(C)[nH]c(=O)c2C1c1ccccc1Cl. The summed E-state index contributed by atoms with van der Waals surface area (Å²) in [6.07, 6.45) is 0. The number of carbonyl (C=O) groups is 1. The first kappa shape index (κ1) is 17.1. The largest absolute Gasteiger partial charge is 0.462 e. The summed E-state index contributed by atoms with van der Waals surface area (Å²) >= 11 is 6.33. The van der Waals surface area contributed by atoms with Crippen molar-refractivity contribution < 1.29 is 14.3 Å². The molecule has 25 heavy (non-hydrogen) atoms. The molecule has 0 radical (unpaired) electrons. The third-order valence-electron chi connectivity index (χ3n) is 3.94. The number of halogens is 1. The minimum Gasteiger partial charge on any atom is -0.462 e. The quantitative estimate of drug-likeness (QED) is 0.820. The molecule has 1 aromatic heterocycles. The van der Waals surface area contributed by atoms with Gasteiger partial charge in [0.2, 0.25) is 5.88 Å². The first-order chi connectivity index (χ1) is 11.9. The van der Waals surface area contributed by atoms with Gasteiger partial charge >= 0.3 is 5.97 Å². The molecule has 0 spiro atoms. The predicted molar refractivity (Wildman–Crippen MR) is 93.6 cm³/mol. The Morgan fingerprint density at radius 1 is 1.40 bits per heavy atom. The zero-order valence-corrected chi connectivity index (χ0v) is 14.5. The molecule has 6 nitrogen and oxygen atoms in total. The molecule has 0 bridgehead atoms. The maximum Gasteiger partial charge on any atom is 0.340 e. The van der Waals surface area contributed by atoms with Gasteiger partial charge in [-0.3, -0.25) is 4.79 Å². The highest BCUT2D eigenvalue weighted by molar-refractivity contribution is 6.31. The lowest BCUT2D eigenvalue weighted by Gasteiger charge is -2.28. The zero-order chi connectivity index (χ0) is 18.1. The molecule has 1 atom stereocenters. The Morgan fingerprint density at radius 3 is 2.80 bits per heavy atom. The summed E-state index contributed by atoms with van der Waals surface area (Å²) in [5.74, 6) is -1.21. The summed E-state index contributed by atoms with van der Waals surface area (Å²) in [5, 5.41) is 0.412. The number of H-pyrrole nitrogens is 1. The van der Waals surface area contributed by atoms with Crippen LogP contribution in [-0.2, 0) is 9.53 Å². The molecule has 1 aliphatic rings. The van der Waals surface area contributed by atoms with E-state index in [-0.39, 0.29) is 29.2 Å². The van der Waals surface area contributed by atoms with Crippen LogP contribution in [0.5, 0.6) is 5.75 Å². The summed E-state index contributed by atoms with van der Waals surface area (Å²) in [5.41, 5.74) is 7.18. The molecule has 130 valence electrons. The minimum atomic E-state index is -0.777. The van der Waals surface area contributed by atoms with Gasteiger partial charge in [-0.15, -0.1) is 0 Å². The van der Waals surface area contributed by atoms with Gasteiger partial charge in [-0.2, -0.15) is 0 Å². The van der Waals surface area contributed by atoms with Gasteiger partial charge in [-0.25, -0.2) is 4.79 Å². The number of pyridine rings is 1. The van der Waals surface area contributed by atoms with Crippen molar-refractivity contribution in [2.45, 2.75) is 19.8 Å². The number of aryl methyl sites for hydroxylation is 1. The number of ether oxygens (including phenoxy) is 2. The van der Waals surface area contributed by atoms with Crippen molar-refractivity contribution in [3.8, 4) is 5.75 Å². The number of aromatic nitrogens is 1. The first-order valence-corrected chi connectivity index (χ1v) is 8.14. The lowest BCUT2D eigenvalue weighted by Crippen LogP contribution is -2.32. The van der Waals surface area contributed by atoms with E-state index in [9.17, 15) is 9.59 Å². The molecule has 2 heterocycles. The highest BCUT2D eigenvalue weighted by atomic mass is 35.5. The van der Waals surface area contributed by atoms with Crippen LogP contribution in [0, 0.1) is 6.92 Å². The smallest absolute Gasteiger partial charge is 0.340 e. The van der Waals surface area contributed by atoms with Gasteiger partial charge in [0.15, 0.2) is 0 Å². The van der Waals surface area contributed by atoms with Crippen LogP contribution >= 0.6 is 11.6 Å². The fourth-order valence-corrected chi connectivity index (χ4v) is 3.18. The molecule has 2 aromatic rings. The van der Waals surface area contributed by atoms with Gasteiger partial charge in [0.05, 0.1) is 18.1 Å². The Balaban J connectivity index is 2.30. The number of aromatic amines is 1. The Kier molecular flexibility index (Phi) is 4.55. The van der Waals surface area contributed by atoms with Gasteiger partial charge in [0.1, 0.15) is 11.3 Å².